The molecule has 0 aliphatic heterocycles. The maximum Gasteiger partial charge on any atom is 0.306 e. The van der Waals surface area contributed by atoms with Crippen LogP contribution in [0.1, 0.15) is 316 Å². The van der Waals surface area contributed by atoms with Gasteiger partial charge in [-0.3, -0.25) is 14.4 Å². The van der Waals surface area contributed by atoms with Crippen molar-refractivity contribution in [3.63, 3.8) is 0 Å². The van der Waals surface area contributed by atoms with Crippen molar-refractivity contribution >= 4 is 17.9 Å². The van der Waals surface area contributed by atoms with E-state index in [1.807, 2.05) is 0 Å². The molecule has 0 aromatic heterocycles. The second-order valence-electron chi connectivity index (χ2n) is 21.3. The predicted octanol–water partition coefficient (Wildman–Crippen LogP) is 21.9. The molecule has 6 nitrogen and oxygen atoms in total. The van der Waals surface area contributed by atoms with Crippen molar-refractivity contribution in [1.82, 2.24) is 0 Å². The van der Waals surface area contributed by atoms with Crippen LogP contribution in [0.25, 0.3) is 0 Å². The van der Waals surface area contributed by atoms with E-state index in [0.717, 1.165) is 103 Å². The van der Waals surface area contributed by atoms with Crippen LogP contribution in [-0.4, -0.2) is 37.2 Å². The highest BCUT2D eigenvalue weighted by molar-refractivity contribution is 5.71. The topological polar surface area (TPSA) is 78.9 Å². The largest absolute Gasteiger partial charge is 0.462 e. The van der Waals surface area contributed by atoms with Gasteiger partial charge in [-0.05, 0) is 89.9 Å². The fraction of sp³-hybridized carbons (Fsp3) is 0.754. The Balaban J connectivity index is 4.35. The predicted molar refractivity (Wildman–Crippen MR) is 325 cm³/mol. The zero-order valence-corrected chi connectivity index (χ0v) is 49.6. The first-order valence-corrected chi connectivity index (χ1v) is 32.1. The number of allylic oxidation sites excluding steroid dienone is 14. The van der Waals surface area contributed by atoms with Gasteiger partial charge in [0, 0.05) is 19.3 Å². The number of hydrogen-bond donors (Lipinski definition) is 0. The minimum Gasteiger partial charge on any atom is -0.462 e. The van der Waals surface area contributed by atoms with Gasteiger partial charge >= 0.3 is 17.9 Å². The first kappa shape index (κ1) is 71.6. The van der Waals surface area contributed by atoms with Gasteiger partial charge in [0.05, 0.1) is 0 Å². The Morgan fingerprint density at radius 2 is 0.533 bits per heavy atom. The Labute approximate surface area is 465 Å². The Bertz CT molecular complexity index is 1430. The van der Waals surface area contributed by atoms with Crippen LogP contribution in [0.3, 0.4) is 0 Å². The maximum atomic E-state index is 12.9. The molecule has 6 heteroatoms. The van der Waals surface area contributed by atoms with Gasteiger partial charge < -0.3 is 14.2 Å². The summed E-state index contributed by atoms with van der Waals surface area (Å²) in [4.78, 5) is 38.3. The highest BCUT2D eigenvalue weighted by Gasteiger charge is 2.19. The van der Waals surface area contributed by atoms with E-state index >= 15 is 0 Å². The average molecular weight is 1050 g/mol. The summed E-state index contributed by atoms with van der Waals surface area (Å²) in [6.07, 6.45) is 83.2. The third-order valence-corrected chi connectivity index (χ3v) is 13.9. The third kappa shape index (κ3) is 61.3. The molecule has 0 heterocycles. The monoisotopic (exact) mass is 1040 g/mol. The van der Waals surface area contributed by atoms with E-state index in [1.54, 1.807) is 0 Å². The SMILES string of the molecule is CC/C=C\C/C=C\C/C=C\C/C=C\C/C=C\CCCC(=O)OC(COC(=O)CCCCCCC/C=C\C/C=C\CCCCC)COC(=O)CCCCCCCCCCCCCCCCCCCCCCCCCCC. The number of carbonyl (C=O) groups excluding carboxylic acids is 3. The lowest BCUT2D eigenvalue weighted by Crippen LogP contribution is -2.30. The Morgan fingerprint density at radius 3 is 0.880 bits per heavy atom. The van der Waals surface area contributed by atoms with Gasteiger partial charge in [0.25, 0.3) is 0 Å². The van der Waals surface area contributed by atoms with E-state index in [1.165, 1.54) is 167 Å². The molecule has 0 radical (unpaired) electrons. The van der Waals surface area contributed by atoms with E-state index in [-0.39, 0.29) is 37.5 Å². The highest BCUT2D eigenvalue weighted by Crippen LogP contribution is 2.17. The lowest BCUT2D eigenvalue weighted by molar-refractivity contribution is -0.167. The molecule has 0 saturated heterocycles. The second kappa shape index (κ2) is 63.1. The number of rotatable bonds is 58. The molecule has 0 bridgehead atoms. The van der Waals surface area contributed by atoms with E-state index in [4.69, 9.17) is 14.2 Å². The summed E-state index contributed by atoms with van der Waals surface area (Å²) in [5.74, 6) is -0.963. The molecule has 0 saturated carbocycles. The summed E-state index contributed by atoms with van der Waals surface area (Å²) in [6.45, 7) is 6.48. The fourth-order valence-electron chi connectivity index (χ4n) is 9.10. The Kier molecular flexibility index (Phi) is 60.3. The first-order valence-electron chi connectivity index (χ1n) is 32.1. The maximum absolute atomic E-state index is 12.9. The van der Waals surface area contributed by atoms with Gasteiger partial charge in [0.2, 0.25) is 0 Å². The van der Waals surface area contributed by atoms with Crippen molar-refractivity contribution in [3.05, 3.63) is 85.1 Å². The van der Waals surface area contributed by atoms with Crippen molar-refractivity contribution < 1.29 is 28.6 Å². The molecule has 0 fully saturated rings. The summed E-state index contributed by atoms with van der Waals surface area (Å²) < 4.78 is 16.9. The zero-order chi connectivity index (χ0) is 54.3. The summed E-state index contributed by atoms with van der Waals surface area (Å²) in [5.41, 5.74) is 0. The van der Waals surface area contributed by atoms with Crippen molar-refractivity contribution in [2.75, 3.05) is 13.2 Å². The normalized spacial score (nSPS) is 12.6. The van der Waals surface area contributed by atoms with E-state index in [2.05, 4.69) is 106 Å². The first-order chi connectivity index (χ1) is 37.0. The minimum absolute atomic E-state index is 0.101. The van der Waals surface area contributed by atoms with Crippen LogP contribution in [0.5, 0.6) is 0 Å². The lowest BCUT2D eigenvalue weighted by Gasteiger charge is -2.18. The minimum atomic E-state index is -0.812. The summed E-state index contributed by atoms with van der Waals surface area (Å²) in [5, 5.41) is 0. The molecule has 1 unspecified atom stereocenters. The third-order valence-electron chi connectivity index (χ3n) is 13.9. The van der Waals surface area contributed by atoms with Crippen LogP contribution in [0.4, 0.5) is 0 Å². The number of carbonyl (C=O) groups is 3. The molecule has 0 aromatic carbocycles. The molecule has 0 aliphatic carbocycles. The van der Waals surface area contributed by atoms with Crippen molar-refractivity contribution in [2.24, 2.45) is 0 Å². The molecular weight excluding hydrogens is 925 g/mol. The molecule has 75 heavy (non-hydrogen) atoms. The molecule has 0 amide bonds. The molecule has 1 atom stereocenters. The smallest absolute Gasteiger partial charge is 0.306 e. The van der Waals surface area contributed by atoms with Gasteiger partial charge in [-0.1, -0.05) is 292 Å². The van der Waals surface area contributed by atoms with Crippen LogP contribution >= 0.6 is 0 Å². The van der Waals surface area contributed by atoms with Gasteiger partial charge in [-0.25, -0.2) is 0 Å². The highest BCUT2D eigenvalue weighted by atomic mass is 16.6. The molecule has 0 aliphatic rings. The van der Waals surface area contributed by atoms with Gasteiger partial charge in [0.15, 0.2) is 6.10 Å². The summed E-state index contributed by atoms with van der Waals surface area (Å²) in [7, 11) is 0. The number of hydrogen-bond acceptors (Lipinski definition) is 6. The van der Waals surface area contributed by atoms with Gasteiger partial charge in [0.1, 0.15) is 13.2 Å². The Hall–Kier alpha value is -3.41. The summed E-state index contributed by atoms with van der Waals surface area (Å²) >= 11 is 0. The number of unbranched alkanes of at least 4 members (excludes halogenated alkanes) is 33. The molecule has 0 N–H and O–H groups in total. The average Bonchev–Trinajstić information content (AvgIpc) is 3.41. The van der Waals surface area contributed by atoms with Crippen LogP contribution in [-0.2, 0) is 28.6 Å². The van der Waals surface area contributed by atoms with Gasteiger partial charge in [-0.2, -0.15) is 0 Å². The lowest BCUT2D eigenvalue weighted by atomic mass is 10.0. The zero-order valence-electron chi connectivity index (χ0n) is 49.6. The second-order valence-corrected chi connectivity index (χ2v) is 21.3. The van der Waals surface area contributed by atoms with E-state index in [9.17, 15) is 14.4 Å². The van der Waals surface area contributed by atoms with E-state index < -0.39 is 6.10 Å². The quantitative estimate of drug-likeness (QED) is 0.0261. The van der Waals surface area contributed by atoms with Crippen molar-refractivity contribution in [1.29, 1.82) is 0 Å². The van der Waals surface area contributed by atoms with Crippen LogP contribution in [0.15, 0.2) is 85.1 Å². The fourth-order valence-corrected chi connectivity index (χ4v) is 9.10. The van der Waals surface area contributed by atoms with Crippen molar-refractivity contribution in [2.45, 2.75) is 322 Å². The number of ether oxygens (including phenoxy) is 3. The van der Waals surface area contributed by atoms with Crippen LogP contribution < -0.4 is 0 Å². The van der Waals surface area contributed by atoms with E-state index in [0.29, 0.717) is 19.3 Å². The molecular formula is C69H120O6. The standard InChI is InChI=1S/C69H120O6/c1-4-7-10-13-16-19-22-25-28-30-31-32-33-34-35-36-37-39-41-44-47-50-53-56-59-62-68(71)74-65-66(64-73-67(70)61-58-55-52-49-46-43-40-27-24-21-18-15-12-9-6-3)75-69(72)63-60-57-54-51-48-45-42-38-29-26-23-20-17-14-11-8-5-2/h8,11,17-18,20-21,26-27,29,40,42,45,51,54,66H,4-7,9-10,12-16,19,22-25,28,30-39,41,43-44,46-50,52-53,55-65H2,1-3H3/b11-8-,20-17-,21-18-,29-26-,40-27-,45-42-,54-51-. The Morgan fingerprint density at radius 1 is 0.280 bits per heavy atom. The molecule has 0 aromatic rings. The molecule has 0 spiro atoms. The van der Waals surface area contributed by atoms with Crippen molar-refractivity contribution in [3.8, 4) is 0 Å². The molecule has 0 rings (SSSR count). The number of esters is 3. The molecule has 432 valence electrons. The van der Waals surface area contributed by atoms with Crippen LogP contribution in [0, 0.1) is 0 Å². The summed E-state index contributed by atoms with van der Waals surface area (Å²) in [6, 6.07) is 0. The van der Waals surface area contributed by atoms with Gasteiger partial charge in [-0.15, -0.1) is 0 Å². The van der Waals surface area contributed by atoms with Crippen LogP contribution in [0.2, 0.25) is 0 Å².